The van der Waals surface area contributed by atoms with Gasteiger partial charge in [0, 0.05) is 42.8 Å². The lowest BCUT2D eigenvalue weighted by Crippen LogP contribution is -2.39. The number of aromatic nitrogens is 3. The molecule has 1 atom stereocenters. The molecule has 0 amide bonds. The van der Waals surface area contributed by atoms with Crippen LogP contribution in [-0.2, 0) is 13.0 Å². The van der Waals surface area contributed by atoms with Gasteiger partial charge < -0.3 is 4.90 Å². The van der Waals surface area contributed by atoms with E-state index < -0.39 is 0 Å². The monoisotopic (exact) mass is 393 g/mol. The highest BCUT2D eigenvalue weighted by Gasteiger charge is 2.27. The van der Waals surface area contributed by atoms with Gasteiger partial charge >= 0.3 is 0 Å². The second-order valence-electron chi connectivity index (χ2n) is 7.46. The Kier molecular flexibility index (Phi) is 5.98. The Labute approximate surface area is 171 Å². The molecule has 4 rings (SSSR count). The van der Waals surface area contributed by atoms with Crippen LogP contribution in [0.4, 0.5) is 5.82 Å². The molecule has 146 valence electrons. The van der Waals surface area contributed by atoms with Crippen LogP contribution in [0.5, 0.6) is 0 Å². The highest BCUT2D eigenvalue weighted by molar-refractivity contribution is 7.13. The second kappa shape index (κ2) is 8.80. The maximum absolute atomic E-state index is 4.87. The van der Waals surface area contributed by atoms with Crippen molar-refractivity contribution in [2.45, 2.75) is 38.8 Å². The van der Waals surface area contributed by atoms with Crippen molar-refractivity contribution >= 4 is 17.2 Å². The van der Waals surface area contributed by atoms with Gasteiger partial charge in [0.25, 0.3) is 0 Å². The van der Waals surface area contributed by atoms with Gasteiger partial charge in [0.05, 0.1) is 5.69 Å². The van der Waals surface area contributed by atoms with Gasteiger partial charge in [0.15, 0.2) is 5.82 Å². The quantitative estimate of drug-likeness (QED) is 0.600. The molecular formula is C22H27N5S. The first-order chi connectivity index (χ1) is 13.7. The summed E-state index contributed by atoms with van der Waals surface area (Å²) >= 11 is 1.73. The van der Waals surface area contributed by atoms with E-state index in [1.54, 1.807) is 17.5 Å². The van der Waals surface area contributed by atoms with Crippen LogP contribution < -0.4 is 4.90 Å². The van der Waals surface area contributed by atoms with Crippen LogP contribution in [0.2, 0.25) is 0 Å². The van der Waals surface area contributed by atoms with Gasteiger partial charge in [-0.15, -0.1) is 16.4 Å². The minimum absolute atomic E-state index is 0.487. The van der Waals surface area contributed by atoms with Crippen LogP contribution >= 0.6 is 11.3 Å². The first-order valence-electron chi connectivity index (χ1n) is 9.99. The van der Waals surface area contributed by atoms with E-state index in [2.05, 4.69) is 69.7 Å². The molecule has 6 heteroatoms. The molecule has 1 aromatic carbocycles. The zero-order valence-electron chi connectivity index (χ0n) is 16.6. The molecule has 0 spiro atoms. The molecule has 0 radical (unpaired) electrons. The lowest BCUT2D eigenvalue weighted by atomic mass is 10.1. The van der Waals surface area contributed by atoms with Crippen LogP contribution in [-0.4, -0.2) is 46.3 Å². The second-order valence-corrected chi connectivity index (χ2v) is 8.32. The standard InChI is InChI=1S/C22H27N5S/c1-3-17-8-10-18(11-9-17)22-24-19(16-28-22)14-26(2)15-20-6-5-13-27(20)21-7-4-12-23-25-21/h4,7-12,16,20H,3,5-6,13-15H2,1-2H3. The molecule has 1 saturated heterocycles. The van der Waals surface area contributed by atoms with Crippen molar-refractivity contribution in [3.63, 3.8) is 0 Å². The minimum Gasteiger partial charge on any atom is -0.351 e. The number of hydrogen-bond donors (Lipinski definition) is 0. The van der Waals surface area contributed by atoms with Gasteiger partial charge in [0.2, 0.25) is 0 Å². The summed E-state index contributed by atoms with van der Waals surface area (Å²) in [6.45, 7) is 5.12. The first kappa shape index (κ1) is 19.0. The summed E-state index contributed by atoms with van der Waals surface area (Å²) in [6, 6.07) is 13.3. The Morgan fingerprint density at radius 2 is 2.07 bits per heavy atom. The molecule has 1 aliphatic rings. The molecule has 1 aliphatic heterocycles. The molecular weight excluding hydrogens is 366 g/mol. The summed E-state index contributed by atoms with van der Waals surface area (Å²) in [4.78, 5) is 9.64. The maximum Gasteiger partial charge on any atom is 0.151 e. The molecule has 1 unspecified atom stereocenters. The maximum atomic E-state index is 4.87. The number of nitrogens with zero attached hydrogens (tertiary/aromatic N) is 5. The van der Waals surface area contributed by atoms with Crippen molar-refractivity contribution in [3.05, 3.63) is 59.2 Å². The fraction of sp³-hybridized carbons (Fsp3) is 0.409. The average Bonchev–Trinajstić information content (AvgIpc) is 3.38. The van der Waals surface area contributed by atoms with Crippen molar-refractivity contribution in [3.8, 4) is 10.6 Å². The fourth-order valence-corrected chi connectivity index (χ4v) is 4.69. The largest absolute Gasteiger partial charge is 0.351 e. The number of benzene rings is 1. The molecule has 1 fully saturated rings. The number of hydrogen-bond acceptors (Lipinski definition) is 6. The van der Waals surface area contributed by atoms with Gasteiger partial charge in [-0.2, -0.15) is 5.10 Å². The summed E-state index contributed by atoms with van der Waals surface area (Å²) < 4.78 is 0. The van der Waals surface area contributed by atoms with Crippen LogP contribution in [0.25, 0.3) is 10.6 Å². The van der Waals surface area contributed by atoms with E-state index in [0.29, 0.717) is 6.04 Å². The highest BCUT2D eigenvalue weighted by Crippen LogP contribution is 2.26. The van der Waals surface area contributed by atoms with Gasteiger partial charge in [-0.1, -0.05) is 31.2 Å². The Hall–Kier alpha value is -2.31. The predicted octanol–water partition coefficient (Wildman–Crippen LogP) is 4.26. The van der Waals surface area contributed by atoms with Crippen LogP contribution in [0.15, 0.2) is 48.0 Å². The zero-order chi connectivity index (χ0) is 19.3. The van der Waals surface area contributed by atoms with Crippen LogP contribution in [0.1, 0.15) is 31.0 Å². The molecule has 28 heavy (non-hydrogen) atoms. The SMILES string of the molecule is CCc1ccc(-c2nc(CN(C)CC3CCCN3c3cccnn3)cs2)cc1. The third kappa shape index (κ3) is 4.39. The number of likely N-dealkylation sites (N-methyl/N-ethyl adjacent to an activating group) is 1. The highest BCUT2D eigenvalue weighted by atomic mass is 32.1. The van der Waals surface area contributed by atoms with Gasteiger partial charge in [-0.05, 0) is 44.0 Å². The Balaban J connectivity index is 1.37. The first-order valence-corrected chi connectivity index (χ1v) is 10.9. The summed E-state index contributed by atoms with van der Waals surface area (Å²) in [5, 5.41) is 11.6. The molecule has 3 aromatic rings. The molecule has 5 nitrogen and oxygen atoms in total. The summed E-state index contributed by atoms with van der Waals surface area (Å²) in [7, 11) is 2.18. The number of thiazole rings is 1. The van der Waals surface area contributed by atoms with Crippen LogP contribution in [0, 0.1) is 0 Å². The van der Waals surface area contributed by atoms with E-state index >= 15 is 0 Å². The van der Waals surface area contributed by atoms with Crippen molar-refractivity contribution in [1.82, 2.24) is 20.1 Å². The molecule has 3 heterocycles. The lowest BCUT2D eigenvalue weighted by molar-refractivity contribution is 0.300. The third-order valence-corrected chi connectivity index (χ3v) is 6.29. The third-order valence-electron chi connectivity index (χ3n) is 5.34. The summed E-state index contributed by atoms with van der Waals surface area (Å²) in [5.74, 6) is 0.991. The van der Waals surface area contributed by atoms with Gasteiger partial charge in [0.1, 0.15) is 5.01 Å². The Morgan fingerprint density at radius 3 is 2.82 bits per heavy atom. The van der Waals surface area contributed by atoms with Gasteiger partial charge in [-0.25, -0.2) is 4.98 Å². The zero-order valence-corrected chi connectivity index (χ0v) is 17.4. The number of anilines is 1. The van der Waals surface area contributed by atoms with E-state index in [-0.39, 0.29) is 0 Å². The minimum atomic E-state index is 0.487. The smallest absolute Gasteiger partial charge is 0.151 e. The van der Waals surface area contributed by atoms with Crippen molar-refractivity contribution in [2.75, 3.05) is 25.0 Å². The fourth-order valence-electron chi connectivity index (χ4n) is 3.87. The van der Waals surface area contributed by atoms with Crippen molar-refractivity contribution < 1.29 is 0 Å². The summed E-state index contributed by atoms with van der Waals surface area (Å²) in [5.41, 5.74) is 3.72. The molecule has 0 saturated carbocycles. The molecule has 0 aliphatic carbocycles. The topological polar surface area (TPSA) is 45.2 Å². The normalized spacial score (nSPS) is 16.8. The molecule has 0 N–H and O–H groups in total. The van der Waals surface area contributed by atoms with E-state index in [1.807, 2.05) is 6.07 Å². The van der Waals surface area contributed by atoms with Crippen molar-refractivity contribution in [1.29, 1.82) is 0 Å². The summed E-state index contributed by atoms with van der Waals surface area (Å²) in [6.07, 6.45) is 5.22. The van der Waals surface area contributed by atoms with Gasteiger partial charge in [-0.3, -0.25) is 4.90 Å². The van der Waals surface area contributed by atoms with E-state index in [0.717, 1.165) is 42.6 Å². The van der Waals surface area contributed by atoms with Crippen LogP contribution in [0.3, 0.4) is 0 Å². The molecule has 0 bridgehead atoms. The predicted molar refractivity (Wildman–Crippen MR) is 116 cm³/mol. The Bertz CT molecular complexity index is 877. The number of rotatable bonds is 7. The van der Waals surface area contributed by atoms with Crippen molar-refractivity contribution in [2.24, 2.45) is 0 Å². The lowest BCUT2D eigenvalue weighted by Gasteiger charge is -2.28. The number of aryl methyl sites for hydroxylation is 1. The van der Waals surface area contributed by atoms with E-state index in [4.69, 9.17) is 4.98 Å². The van der Waals surface area contributed by atoms with E-state index in [1.165, 1.54) is 24.0 Å². The van der Waals surface area contributed by atoms with E-state index in [9.17, 15) is 0 Å². The Morgan fingerprint density at radius 1 is 1.21 bits per heavy atom. The molecule has 2 aromatic heterocycles. The average molecular weight is 394 g/mol.